The summed E-state index contributed by atoms with van der Waals surface area (Å²) in [4.78, 5) is 11.6. The maximum Gasteiger partial charge on any atom is 0.307 e. The van der Waals surface area contributed by atoms with Crippen LogP contribution in [0, 0.1) is 5.92 Å². The molecule has 30 heavy (non-hydrogen) atoms. The van der Waals surface area contributed by atoms with Crippen molar-refractivity contribution in [1.29, 1.82) is 0 Å². The highest BCUT2D eigenvalue weighted by Gasteiger charge is 2.37. The van der Waals surface area contributed by atoms with Crippen molar-refractivity contribution in [2.75, 3.05) is 6.61 Å². The number of alkyl halides is 2. The van der Waals surface area contributed by atoms with Crippen molar-refractivity contribution in [3.8, 4) is 16.9 Å². The molecule has 3 aromatic rings. The number of benzene rings is 3. The molecule has 0 heterocycles. The highest BCUT2D eigenvalue weighted by atomic mass is 19.3. The van der Waals surface area contributed by atoms with Crippen molar-refractivity contribution >= 4 is 5.97 Å². The van der Waals surface area contributed by atoms with E-state index in [1.165, 1.54) is 12.1 Å². The number of carboxylic acids is 1. The molecule has 0 saturated heterocycles. The van der Waals surface area contributed by atoms with Crippen LogP contribution in [0.5, 0.6) is 5.75 Å². The number of hydrogen-bond acceptors (Lipinski definition) is 2. The van der Waals surface area contributed by atoms with Gasteiger partial charge in [0.2, 0.25) is 0 Å². The molecule has 1 atom stereocenters. The van der Waals surface area contributed by atoms with Crippen LogP contribution >= 0.6 is 0 Å². The fourth-order valence-electron chi connectivity index (χ4n) is 3.39. The molecule has 0 aliphatic heterocycles. The molecule has 0 aliphatic rings. The number of hydrogen-bond donors (Lipinski definition) is 1. The standard InChI is InChI=1S/C25H24F2O3/c1-2-30-23-14-10-20(11-15-23)19-8-12-22(13-9-19)25(26,27)17-21(24(28)29)16-18-6-4-3-5-7-18/h3-15,21H,2,16-17H2,1H3,(H,28,29). The van der Waals surface area contributed by atoms with E-state index in [4.69, 9.17) is 4.74 Å². The first-order valence-electron chi connectivity index (χ1n) is 9.87. The van der Waals surface area contributed by atoms with E-state index in [1.54, 1.807) is 42.5 Å². The lowest BCUT2D eigenvalue weighted by molar-refractivity contribution is -0.145. The first-order valence-corrected chi connectivity index (χ1v) is 9.87. The third-order valence-electron chi connectivity index (χ3n) is 4.98. The second-order valence-electron chi connectivity index (χ2n) is 7.17. The number of rotatable bonds is 9. The number of halogens is 2. The Balaban J connectivity index is 1.73. The number of carboxylic acid groups (broad SMARTS) is 1. The Hall–Kier alpha value is -3.21. The summed E-state index contributed by atoms with van der Waals surface area (Å²) < 4.78 is 35.1. The fourth-order valence-corrected chi connectivity index (χ4v) is 3.39. The predicted molar refractivity (Wildman–Crippen MR) is 113 cm³/mol. The van der Waals surface area contributed by atoms with Gasteiger partial charge in [0.05, 0.1) is 12.5 Å². The van der Waals surface area contributed by atoms with Gasteiger partial charge in [0, 0.05) is 12.0 Å². The van der Waals surface area contributed by atoms with Crippen LogP contribution in [0.3, 0.4) is 0 Å². The average molecular weight is 410 g/mol. The van der Waals surface area contributed by atoms with Crippen molar-refractivity contribution < 1.29 is 23.4 Å². The summed E-state index contributed by atoms with van der Waals surface area (Å²) in [5, 5.41) is 9.45. The van der Waals surface area contributed by atoms with Crippen LogP contribution in [0.2, 0.25) is 0 Å². The maximum atomic E-state index is 14.9. The van der Waals surface area contributed by atoms with Gasteiger partial charge in [-0.25, -0.2) is 8.78 Å². The largest absolute Gasteiger partial charge is 0.494 e. The number of ether oxygens (including phenoxy) is 1. The first kappa shape index (κ1) is 21.5. The predicted octanol–water partition coefficient (Wildman–Crippen LogP) is 6.18. The smallest absolute Gasteiger partial charge is 0.307 e. The highest BCUT2D eigenvalue weighted by Crippen LogP contribution is 2.37. The van der Waals surface area contributed by atoms with Gasteiger partial charge in [0.15, 0.2) is 0 Å². The van der Waals surface area contributed by atoms with Gasteiger partial charge in [-0.2, -0.15) is 0 Å². The zero-order valence-electron chi connectivity index (χ0n) is 16.7. The van der Waals surface area contributed by atoms with Crippen LogP contribution in [0.4, 0.5) is 8.78 Å². The van der Waals surface area contributed by atoms with E-state index < -0.39 is 24.2 Å². The van der Waals surface area contributed by atoms with Crippen molar-refractivity contribution in [3.63, 3.8) is 0 Å². The zero-order chi connectivity index (χ0) is 21.6. The molecule has 5 heteroatoms. The van der Waals surface area contributed by atoms with Crippen LogP contribution in [0.1, 0.15) is 24.5 Å². The van der Waals surface area contributed by atoms with E-state index in [-0.39, 0.29) is 12.0 Å². The van der Waals surface area contributed by atoms with Gasteiger partial charge in [0.25, 0.3) is 5.92 Å². The molecule has 3 aromatic carbocycles. The molecule has 0 aromatic heterocycles. The Bertz CT molecular complexity index is 952. The quantitative estimate of drug-likeness (QED) is 0.458. The minimum Gasteiger partial charge on any atom is -0.494 e. The van der Waals surface area contributed by atoms with Crippen LogP contribution < -0.4 is 4.74 Å². The van der Waals surface area contributed by atoms with E-state index in [0.717, 1.165) is 22.4 Å². The van der Waals surface area contributed by atoms with Gasteiger partial charge < -0.3 is 9.84 Å². The summed E-state index contributed by atoms with van der Waals surface area (Å²) in [7, 11) is 0. The highest BCUT2D eigenvalue weighted by molar-refractivity contribution is 5.70. The normalized spacial score (nSPS) is 12.4. The third kappa shape index (κ3) is 5.44. The second kappa shape index (κ2) is 9.53. The average Bonchev–Trinajstić information content (AvgIpc) is 2.75. The molecule has 1 N–H and O–H groups in total. The van der Waals surface area contributed by atoms with E-state index in [9.17, 15) is 18.7 Å². The molecular weight excluding hydrogens is 386 g/mol. The zero-order valence-corrected chi connectivity index (χ0v) is 16.7. The molecule has 0 radical (unpaired) electrons. The number of carbonyl (C=O) groups is 1. The van der Waals surface area contributed by atoms with E-state index in [1.807, 2.05) is 31.2 Å². The van der Waals surface area contributed by atoms with Gasteiger partial charge in [-0.05, 0) is 42.2 Å². The van der Waals surface area contributed by atoms with Gasteiger partial charge in [-0.15, -0.1) is 0 Å². The lowest BCUT2D eigenvalue weighted by Gasteiger charge is -2.21. The summed E-state index contributed by atoms with van der Waals surface area (Å²) in [5.41, 5.74) is 2.24. The summed E-state index contributed by atoms with van der Waals surface area (Å²) >= 11 is 0. The molecular formula is C25H24F2O3. The van der Waals surface area contributed by atoms with E-state index in [0.29, 0.717) is 6.61 Å². The SMILES string of the molecule is CCOc1ccc(-c2ccc(C(F)(F)CC(Cc3ccccc3)C(=O)O)cc2)cc1. The van der Waals surface area contributed by atoms with Crippen molar-refractivity contribution in [2.45, 2.75) is 25.7 Å². The summed E-state index contributed by atoms with van der Waals surface area (Å²) in [6.45, 7) is 2.48. The molecule has 0 bridgehead atoms. The maximum absolute atomic E-state index is 14.9. The molecule has 3 rings (SSSR count). The van der Waals surface area contributed by atoms with Gasteiger partial charge >= 0.3 is 5.97 Å². The molecule has 0 spiro atoms. The van der Waals surface area contributed by atoms with Gasteiger partial charge in [0.1, 0.15) is 5.75 Å². The van der Waals surface area contributed by atoms with Gasteiger partial charge in [-0.1, -0.05) is 66.7 Å². The molecule has 156 valence electrons. The lowest BCUT2D eigenvalue weighted by atomic mass is 9.90. The van der Waals surface area contributed by atoms with Crippen LogP contribution in [-0.4, -0.2) is 17.7 Å². The molecule has 3 nitrogen and oxygen atoms in total. The number of aliphatic carboxylic acids is 1. The Morgan fingerprint density at radius 2 is 1.50 bits per heavy atom. The Morgan fingerprint density at radius 3 is 2.03 bits per heavy atom. The molecule has 1 unspecified atom stereocenters. The second-order valence-corrected chi connectivity index (χ2v) is 7.17. The lowest BCUT2D eigenvalue weighted by Crippen LogP contribution is -2.25. The Labute approximate surface area is 175 Å². The summed E-state index contributed by atoms with van der Waals surface area (Å²) in [6, 6.07) is 22.3. The molecule has 0 fully saturated rings. The first-order chi connectivity index (χ1) is 14.4. The van der Waals surface area contributed by atoms with Gasteiger partial charge in [-0.3, -0.25) is 4.79 Å². The third-order valence-corrected chi connectivity index (χ3v) is 4.98. The minimum atomic E-state index is -3.24. The topological polar surface area (TPSA) is 46.5 Å². The van der Waals surface area contributed by atoms with Crippen molar-refractivity contribution in [1.82, 2.24) is 0 Å². The fraction of sp³-hybridized carbons (Fsp3) is 0.240. The summed E-state index contributed by atoms with van der Waals surface area (Å²) in [6.07, 6.45) is -0.685. The molecule has 0 amide bonds. The van der Waals surface area contributed by atoms with Crippen LogP contribution in [0.25, 0.3) is 11.1 Å². The molecule has 0 saturated carbocycles. The van der Waals surface area contributed by atoms with E-state index in [2.05, 4.69) is 0 Å². The van der Waals surface area contributed by atoms with Crippen molar-refractivity contribution in [3.05, 3.63) is 90.0 Å². The molecule has 0 aliphatic carbocycles. The summed E-state index contributed by atoms with van der Waals surface area (Å²) in [5.74, 6) is -4.88. The minimum absolute atomic E-state index is 0.0655. The Kier molecular flexibility index (Phi) is 6.83. The van der Waals surface area contributed by atoms with Crippen LogP contribution in [-0.2, 0) is 17.1 Å². The monoisotopic (exact) mass is 410 g/mol. The van der Waals surface area contributed by atoms with Crippen molar-refractivity contribution in [2.24, 2.45) is 5.92 Å². The Morgan fingerprint density at radius 1 is 0.933 bits per heavy atom. The van der Waals surface area contributed by atoms with Crippen LogP contribution in [0.15, 0.2) is 78.9 Å². The van der Waals surface area contributed by atoms with E-state index >= 15 is 0 Å².